The van der Waals surface area contributed by atoms with Crippen molar-refractivity contribution in [3.8, 4) is 22.5 Å². The minimum Gasteiger partial charge on any atom is -0.348 e. The molecule has 9 rings (SSSR count). The molecule has 0 bridgehead atoms. The number of para-hydroxylation sites is 2. The van der Waals surface area contributed by atoms with Gasteiger partial charge in [-0.2, -0.15) is 4.80 Å². The summed E-state index contributed by atoms with van der Waals surface area (Å²) in [7, 11) is 0. The second-order valence-corrected chi connectivity index (χ2v) is 13.4. The highest BCUT2D eigenvalue weighted by Gasteiger charge is 2.46. The first kappa shape index (κ1) is 32.1. The maximum atomic E-state index is 4.74. The van der Waals surface area contributed by atoms with Crippen molar-refractivity contribution in [1.82, 2.24) is 20.2 Å². The molecule has 0 amide bonds. The van der Waals surface area contributed by atoms with E-state index < -0.39 is 5.54 Å². The number of hydrogen-bond donors (Lipinski definition) is 0. The summed E-state index contributed by atoms with van der Waals surface area (Å²) >= 11 is 0. The van der Waals surface area contributed by atoms with Crippen LogP contribution in [0.2, 0.25) is 0 Å². The van der Waals surface area contributed by atoms with Gasteiger partial charge in [-0.15, -0.1) is 10.2 Å². The summed E-state index contributed by atoms with van der Waals surface area (Å²) in [6.45, 7) is 2.05. The van der Waals surface area contributed by atoms with Gasteiger partial charge in [0.15, 0.2) is 0 Å². The van der Waals surface area contributed by atoms with Gasteiger partial charge in [0.05, 0.1) is 24.6 Å². The Morgan fingerprint density at radius 2 is 0.943 bits per heavy atom. The molecule has 6 nitrogen and oxygen atoms in total. The van der Waals surface area contributed by atoms with E-state index in [2.05, 4.69) is 190 Å². The Kier molecular flexibility index (Phi) is 8.54. The van der Waals surface area contributed by atoms with E-state index in [9.17, 15) is 0 Å². The predicted molar refractivity (Wildman–Crippen MR) is 213 cm³/mol. The first-order valence-corrected chi connectivity index (χ1v) is 18.1. The van der Waals surface area contributed by atoms with E-state index in [-0.39, 0.29) is 0 Å². The average molecular weight is 687 g/mol. The second kappa shape index (κ2) is 14.1. The zero-order valence-electron chi connectivity index (χ0n) is 29.3. The van der Waals surface area contributed by atoms with Crippen LogP contribution in [0.1, 0.15) is 27.8 Å². The molecule has 2 heterocycles. The average Bonchev–Trinajstić information content (AvgIpc) is 3.85. The SMILES string of the molecule is c1ccc(Cn2nnc(-c3ccccc3-c3ccc(CN4CN(C(c5ccccc5)(c5ccccc5)c5ccccc5)c5ccccc54)cc3)n2)cc1. The maximum absolute atomic E-state index is 4.74. The lowest BCUT2D eigenvalue weighted by molar-refractivity contribution is 0.564. The van der Waals surface area contributed by atoms with Crippen molar-refractivity contribution in [2.45, 2.75) is 18.6 Å². The van der Waals surface area contributed by atoms with Crippen LogP contribution in [0.15, 0.2) is 194 Å². The van der Waals surface area contributed by atoms with Gasteiger partial charge in [-0.3, -0.25) is 0 Å². The highest BCUT2D eigenvalue weighted by atomic mass is 15.6. The summed E-state index contributed by atoms with van der Waals surface area (Å²) in [6.07, 6.45) is 0. The molecule has 0 atom stereocenters. The fourth-order valence-electron chi connectivity index (χ4n) is 7.82. The Bertz CT molecular complexity index is 2330. The Morgan fingerprint density at radius 1 is 0.453 bits per heavy atom. The standard InChI is InChI=1S/C47H38N6/c1-5-17-36(18-6-1)34-53-49-46(48-50-53)43-26-14-13-25-42(43)38-31-29-37(30-32-38)33-51-35-52(45-28-16-15-27-44(45)51)47(39-19-7-2-8-20-39,40-21-9-3-10-22-40)41-23-11-4-12-24-41/h1-32H,33-35H2. The van der Waals surface area contributed by atoms with Gasteiger partial charge in [-0.1, -0.05) is 182 Å². The Balaban J connectivity index is 1.04. The number of aromatic nitrogens is 4. The van der Waals surface area contributed by atoms with Crippen LogP contribution in [0.25, 0.3) is 22.5 Å². The number of rotatable bonds is 10. The largest absolute Gasteiger partial charge is 0.348 e. The third-order valence-corrected chi connectivity index (χ3v) is 10.2. The lowest BCUT2D eigenvalue weighted by Gasteiger charge is -2.45. The fourth-order valence-corrected chi connectivity index (χ4v) is 7.82. The smallest absolute Gasteiger partial charge is 0.205 e. The minimum absolute atomic E-state index is 0.556. The molecule has 0 spiro atoms. The fraction of sp³-hybridized carbons (Fsp3) is 0.0851. The monoisotopic (exact) mass is 686 g/mol. The number of benzene rings is 7. The molecule has 1 aromatic heterocycles. The highest BCUT2D eigenvalue weighted by Crippen LogP contribution is 2.50. The van der Waals surface area contributed by atoms with Crippen molar-refractivity contribution in [1.29, 1.82) is 0 Å². The number of anilines is 2. The number of nitrogens with zero attached hydrogens (tertiary/aromatic N) is 6. The summed E-state index contributed by atoms with van der Waals surface area (Å²) in [5, 5.41) is 13.5. The lowest BCUT2D eigenvalue weighted by Crippen LogP contribution is -2.49. The van der Waals surface area contributed by atoms with Gasteiger partial charge in [0.2, 0.25) is 5.82 Å². The Morgan fingerprint density at radius 3 is 1.55 bits per heavy atom. The van der Waals surface area contributed by atoms with Gasteiger partial charge in [0.1, 0.15) is 5.54 Å². The Labute approximate surface area is 310 Å². The summed E-state index contributed by atoms with van der Waals surface area (Å²) < 4.78 is 0. The molecule has 0 saturated heterocycles. The molecule has 53 heavy (non-hydrogen) atoms. The van der Waals surface area contributed by atoms with E-state index >= 15 is 0 Å². The van der Waals surface area contributed by atoms with Crippen LogP contribution in [-0.4, -0.2) is 26.9 Å². The van der Waals surface area contributed by atoms with Crippen LogP contribution in [0, 0.1) is 0 Å². The molecule has 1 aliphatic heterocycles. The normalized spacial score (nSPS) is 12.5. The van der Waals surface area contributed by atoms with E-state index in [1.165, 1.54) is 33.6 Å². The van der Waals surface area contributed by atoms with Crippen molar-refractivity contribution in [2.75, 3.05) is 16.5 Å². The molecule has 0 aliphatic carbocycles. The van der Waals surface area contributed by atoms with E-state index in [4.69, 9.17) is 5.10 Å². The van der Waals surface area contributed by atoms with Crippen LogP contribution < -0.4 is 9.80 Å². The molecule has 6 heteroatoms. The number of hydrogen-bond acceptors (Lipinski definition) is 5. The van der Waals surface area contributed by atoms with Gasteiger partial charge in [-0.25, -0.2) is 0 Å². The molecule has 0 fully saturated rings. The summed E-state index contributed by atoms with van der Waals surface area (Å²) in [4.78, 5) is 6.74. The first-order valence-electron chi connectivity index (χ1n) is 18.1. The van der Waals surface area contributed by atoms with Gasteiger partial charge < -0.3 is 9.80 Å². The molecule has 0 saturated carbocycles. The minimum atomic E-state index is -0.556. The first-order chi connectivity index (χ1) is 26.3. The van der Waals surface area contributed by atoms with Crippen LogP contribution >= 0.6 is 0 Å². The molecule has 0 radical (unpaired) electrons. The maximum Gasteiger partial charge on any atom is 0.205 e. The molecule has 0 N–H and O–H groups in total. The van der Waals surface area contributed by atoms with E-state index in [0.29, 0.717) is 19.0 Å². The second-order valence-electron chi connectivity index (χ2n) is 13.4. The van der Waals surface area contributed by atoms with Crippen LogP contribution in [0.3, 0.4) is 0 Å². The summed E-state index contributed by atoms with van der Waals surface area (Å²) in [5.41, 5.74) is 11.1. The van der Waals surface area contributed by atoms with Crippen LogP contribution in [0.5, 0.6) is 0 Å². The number of tetrazole rings is 1. The van der Waals surface area contributed by atoms with Crippen molar-refractivity contribution in [3.05, 3.63) is 222 Å². The topological polar surface area (TPSA) is 50.1 Å². The quantitative estimate of drug-likeness (QED) is 0.134. The molecular weight excluding hydrogens is 649 g/mol. The molecule has 0 unspecified atom stereocenters. The molecule has 7 aromatic carbocycles. The van der Waals surface area contributed by atoms with Crippen LogP contribution in [-0.2, 0) is 18.6 Å². The van der Waals surface area contributed by atoms with Crippen molar-refractivity contribution < 1.29 is 0 Å². The van der Waals surface area contributed by atoms with E-state index in [0.717, 1.165) is 28.8 Å². The van der Waals surface area contributed by atoms with Crippen molar-refractivity contribution in [3.63, 3.8) is 0 Å². The zero-order valence-corrected chi connectivity index (χ0v) is 29.3. The van der Waals surface area contributed by atoms with Crippen molar-refractivity contribution in [2.24, 2.45) is 0 Å². The third kappa shape index (κ3) is 6.04. The van der Waals surface area contributed by atoms with Gasteiger partial charge in [0, 0.05) is 12.1 Å². The van der Waals surface area contributed by atoms with Gasteiger partial charge in [-0.05, 0) is 56.3 Å². The van der Waals surface area contributed by atoms with Crippen LogP contribution in [0.4, 0.5) is 11.4 Å². The number of fused-ring (bicyclic) bond motifs is 1. The van der Waals surface area contributed by atoms with Gasteiger partial charge >= 0.3 is 0 Å². The summed E-state index contributed by atoms with van der Waals surface area (Å²) in [5.74, 6) is 0.619. The molecule has 1 aliphatic rings. The molecule has 256 valence electrons. The van der Waals surface area contributed by atoms with E-state index in [1.807, 2.05) is 24.3 Å². The molecule has 8 aromatic rings. The van der Waals surface area contributed by atoms with Crippen molar-refractivity contribution >= 4 is 11.4 Å². The van der Waals surface area contributed by atoms with Gasteiger partial charge in [0.25, 0.3) is 0 Å². The van der Waals surface area contributed by atoms with E-state index in [1.54, 1.807) is 4.80 Å². The lowest BCUT2D eigenvalue weighted by atomic mass is 9.75. The third-order valence-electron chi connectivity index (χ3n) is 10.2. The zero-order chi connectivity index (χ0) is 35.5. The highest BCUT2D eigenvalue weighted by molar-refractivity contribution is 5.82. The summed E-state index contributed by atoms with van der Waals surface area (Å²) in [6, 6.07) is 69.0. The molecular formula is C47H38N6. The Hall–Kier alpha value is -6.79. The predicted octanol–water partition coefficient (Wildman–Crippen LogP) is 9.83.